The van der Waals surface area contributed by atoms with Crippen LogP contribution >= 0.6 is 0 Å². The van der Waals surface area contributed by atoms with Crippen molar-refractivity contribution in [2.75, 3.05) is 19.6 Å². The Balaban J connectivity index is 1.75. The SMILES string of the molecule is Cc1ccccc1-c1nc(CN2CCNC[C@H]2C)no1. The number of nitrogens with zero attached hydrogens (tertiary/aromatic N) is 3. The molecule has 1 aliphatic heterocycles. The number of hydrogen-bond acceptors (Lipinski definition) is 5. The van der Waals surface area contributed by atoms with E-state index in [4.69, 9.17) is 4.52 Å². The van der Waals surface area contributed by atoms with Gasteiger partial charge in [-0.1, -0.05) is 23.4 Å². The van der Waals surface area contributed by atoms with E-state index in [0.717, 1.165) is 43.1 Å². The largest absolute Gasteiger partial charge is 0.334 e. The van der Waals surface area contributed by atoms with E-state index in [1.165, 1.54) is 0 Å². The van der Waals surface area contributed by atoms with Crippen LogP contribution in [0.1, 0.15) is 18.3 Å². The monoisotopic (exact) mass is 272 g/mol. The number of piperazine rings is 1. The Morgan fingerprint density at radius 1 is 1.40 bits per heavy atom. The van der Waals surface area contributed by atoms with Gasteiger partial charge in [0.1, 0.15) is 0 Å². The van der Waals surface area contributed by atoms with E-state index in [1.807, 2.05) is 18.2 Å². The summed E-state index contributed by atoms with van der Waals surface area (Å²) in [6, 6.07) is 8.57. The summed E-state index contributed by atoms with van der Waals surface area (Å²) in [7, 11) is 0. The van der Waals surface area contributed by atoms with Crippen LogP contribution in [0.4, 0.5) is 0 Å². The molecule has 0 bridgehead atoms. The summed E-state index contributed by atoms with van der Waals surface area (Å²) in [5.74, 6) is 1.37. The molecule has 106 valence electrons. The summed E-state index contributed by atoms with van der Waals surface area (Å²) >= 11 is 0. The Morgan fingerprint density at radius 3 is 3.05 bits per heavy atom. The molecule has 1 saturated heterocycles. The van der Waals surface area contributed by atoms with E-state index in [9.17, 15) is 0 Å². The van der Waals surface area contributed by atoms with Crippen LogP contribution in [-0.2, 0) is 6.54 Å². The van der Waals surface area contributed by atoms with Gasteiger partial charge in [-0.05, 0) is 25.5 Å². The molecule has 0 aliphatic carbocycles. The molecular formula is C15H20N4O. The zero-order chi connectivity index (χ0) is 13.9. The van der Waals surface area contributed by atoms with Crippen LogP contribution in [0, 0.1) is 6.92 Å². The van der Waals surface area contributed by atoms with Crippen molar-refractivity contribution < 1.29 is 4.52 Å². The molecule has 0 unspecified atom stereocenters. The number of aromatic nitrogens is 2. The molecule has 1 N–H and O–H groups in total. The molecule has 3 rings (SSSR count). The molecule has 0 amide bonds. The summed E-state index contributed by atoms with van der Waals surface area (Å²) in [6.45, 7) is 8.08. The lowest BCUT2D eigenvalue weighted by Crippen LogP contribution is -2.49. The van der Waals surface area contributed by atoms with Gasteiger partial charge < -0.3 is 9.84 Å². The maximum atomic E-state index is 5.40. The van der Waals surface area contributed by atoms with E-state index in [-0.39, 0.29) is 0 Å². The van der Waals surface area contributed by atoms with Gasteiger partial charge in [0.15, 0.2) is 5.82 Å². The van der Waals surface area contributed by atoms with Crippen LogP contribution in [0.25, 0.3) is 11.5 Å². The second kappa shape index (κ2) is 5.73. The number of nitrogens with one attached hydrogen (secondary N) is 1. The molecule has 0 spiro atoms. The van der Waals surface area contributed by atoms with Crippen molar-refractivity contribution in [3.63, 3.8) is 0 Å². The predicted molar refractivity (Wildman–Crippen MR) is 77.2 cm³/mol. The highest BCUT2D eigenvalue weighted by Gasteiger charge is 2.20. The van der Waals surface area contributed by atoms with Crippen molar-refractivity contribution >= 4 is 0 Å². The van der Waals surface area contributed by atoms with Crippen molar-refractivity contribution in [2.45, 2.75) is 26.4 Å². The van der Waals surface area contributed by atoms with Crippen LogP contribution in [-0.4, -0.2) is 40.7 Å². The first kappa shape index (κ1) is 13.3. The Kier molecular flexibility index (Phi) is 3.80. The number of rotatable bonds is 3. The summed E-state index contributed by atoms with van der Waals surface area (Å²) in [6.07, 6.45) is 0. The van der Waals surface area contributed by atoms with E-state index < -0.39 is 0 Å². The Hall–Kier alpha value is -1.72. The fourth-order valence-corrected chi connectivity index (χ4v) is 2.54. The molecule has 1 aliphatic rings. The van der Waals surface area contributed by atoms with Crippen LogP contribution in [0.3, 0.4) is 0 Å². The number of aryl methyl sites for hydroxylation is 1. The lowest BCUT2D eigenvalue weighted by atomic mass is 10.1. The first-order valence-corrected chi connectivity index (χ1v) is 7.07. The van der Waals surface area contributed by atoms with E-state index in [0.29, 0.717) is 11.9 Å². The molecule has 2 aromatic rings. The van der Waals surface area contributed by atoms with Crippen LogP contribution in [0.5, 0.6) is 0 Å². The first-order valence-electron chi connectivity index (χ1n) is 7.07. The van der Waals surface area contributed by atoms with Crippen molar-refractivity contribution in [2.24, 2.45) is 0 Å². The zero-order valence-corrected chi connectivity index (χ0v) is 12.0. The van der Waals surface area contributed by atoms with Gasteiger partial charge in [-0.2, -0.15) is 4.98 Å². The van der Waals surface area contributed by atoms with Crippen molar-refractivity contribution in [3.05, 3.63) is 35.7 Å². The average Bonchev–Trinajstić information content (AvgIpc) is 2.90. The minimum atomic E-state index is 0.504. The smallest absolute Gasteiger partial charge is 0.258 e. The predicted octanol–water partition coefficient (Wildman–Crippen LogP) is 1.84. The fourth-order valence-electron chi connectivity index (χ4n) is 2.54. The normalized spacial score (nSPS) is 20.2. The molecule has 1 aromatic carbocycles. The van der Waals surface area contributed by atoms with Gasteiger partial charge in [0.25, 0.3) is 5.89 Å². The fraction of sp³-hybridized carbons (Fsp3) is 0.467. The third-order valence-electron chi connectivity index (χ3n) is 3.83. The number of benzene rings is 1. The van der Waals surface area contributed by atoms with Gasteiger partial charge in [-0.15, -0.1) is 0 Å². The van der Waals surface area contributed by atoms with Crippen LogP contribution < -0.4 is 5.32 Å². The average molecular weight is 272 g/mol. The highest BCUT2D eigenvalue weighted by Crippen LogP contribution is 2.21. The molecule has 0 saturated carbocycles. The second-order valence-corrected chi connectivity index (χ2v) is 5.35. The highest BCUT2D eigenvalue weighted by atomic mass is 16.5. The zero-order valence-electron chi connectivity index (χ0n) is 12.0. The molecule has 2 heterocycles. The van der Waals surface area contributed by atoms with E-state index >= 15 is 0 Å². The highest BCUT2D eigenvalue weighted by molar-refractivity contribution is 5.57. The molecule has 20 heavy (non-hydrogen) atoms. The summed E-state index contributed by atoms with van der Waals surface area (Å²) in [4.78, 5) is 6.91. The van der Waals surface area contributed by atoms with Gasteiger partial charge in [0, 0.05) is 31.2 Å². The van der Waals surface area contributed by atoms with Crippen molar-refractivity contribution in [1.82, 2.24) is 20.4 Å². The summed E-state index contributed by atoms with van der Waals surface area (Å²) in [5, 5.41) is 7.50. The quantitative estimate of drug-likeness (QED) is 0.924. The van der Waals surface area contributed by atoms with E-state index in [1.54, 1.807) is 0 Å². The maximum Gasteiger partial charge on any atom is 0.258 e. The maximum absolute atomic E-state index is 5.40. The lowest BCUT2D eigenvalue weighted by molar-refractivity contribution is 0.160. The molecule has 5 nitrogen and oxygen atoms in total. The number of hydrogen-bond donors (Lipinski definition) is 1. The summed E-state index contributed by atoms with van der Waals surface area (Å²) < 4.78 is 5.40. The van der Waals surface area contributed by atoms with Crippen molar-refractivity contribution in [3.8, 4) is 11.5 Å². The Labute approximate surface area is 119 Å². The van der Waals surface area contributed by atoms with Crippen LogP contribution in [0.15, 0.2) is 28.8 Å². The third-order valence-corrected chi connectivity index (χ3v) is 3.83. The second-order valence-electron chi connectivity index (χ2n) is 5.35. The van der Waals surface area contributed by atoms with Crippen LogP contribution in [0.2, 0.25) is 0 Å². The molecule has 1 atom stereocenters. The molecule has 0 radical (unpaired) electrons. The molecule has 1 fully saturated rings. The third kappa shape index (κ3) is 2.73. The molecule has 5 heteroatoms. The van der Waals surface area contributed by atoms with Crippen molar-refractivity contribution in [1.29, 1.82) is 0 Å². The minimum absolute atomic E-state index is 0.504. The van der Waals surface area contributed by atoms with Gasteiger partial charge in [0.2, 0.25) is 0 Å². The van der Waals surface area contributed by atoms with Gasteiger partial charge >= 0.3 is 0 Å². The topological polar surface area (TPSA) is 54.2 Å². The van der Waals surface area contributed by atoms with Gasteiger partial charge in [-0.3, -0.25) is 4.90 Å². The standard InChI is InChI=1S/C15H20N4O/c1-11-5-3-4-6-13(11)15-17-14(18-20-15)10-19-8-7-16-9-12(19)2/h3-6,12,16H,7-10H2,1-2H3/t12-/m1/s1. The molecule has 1 aromatic heterocycles. The lowest BCUT2D eigenvalue weighted by Gasteiger charge is -2.32. The molecular weight excluding hydrogens is 252 g/mol. The van der Waals surface area contributed by atoms with E-state index in [2.05, 4.69) is 40.3 Å². The first-order chi connectivity index (χ1) is 9.74. The minimum Gasteiger partial charge on any atom is -0.334 e. The Bertz CT molecular complexity index is 581. The Morgan fingerprint density at radius 2 is 2.25 bits per heavy atom. The van der Waals surface area contributed by atoms with Gasteiger partial charge in [0.05, 0.1) is 6.54 Å². The van der Waals surface area contributed by atoms with Gasteiger partial charge in [-0.25, -0.2) is 0 Å². The summed E-state index contributed by atoms with van der Waals surface area (Å²) in [5.41, 5.74) is 2.16.